The third kappa shape index (κ3) is 5.71. The van der Waals surface area contributed by atoms with Crippen LogP contribution in [0, 0.1) is 11.6 Å². The molecule has 0 fully saturated rings. The maximum absolute atomic E-state index is 12.8. The zero-order valence-corrected chi connectivity index (χ0v) is 10.2. The number of hydrogen-bond donors (Lipinski definition) is 1. The Morgan fingerprint density at radius 2 is 2.00 bits per heavy atom. The van der Waals surface area contributed by atoms with Gasteiger partial charge in [0.1, 0.15) is 6.54 Å². The van der Waals surface area contributed by atoms with Crippen molar-refractivity contribution in [3.05, 3.63) is 40.1 Å². The van der Waals surface area contributed by atoms with Crippen LogP contribution in [0.25, 0.3) is 4.72 Å². The Hall–Kier alpha value is -1.05. The zero-order valence-electron chi connectivity index (χ0n) is 9.36. The lowest BCUT2D eigenvalue weighted by Gasteiger charge is -2.14. The first kappa shape index (κ1) is 14.0. The number of rotatable bonds is 6. The minimum absolute atomic E-state index is 0.183. The molecule has 0 aromatic heterocycles. The van der Waals surface area contributed by atoms with E-state index in [2.05, 4.69) is 4.72 Å². The lowest BCUT2D eigenvalue weighted by Crippen LogP contribution is -2.83. The first-order valence-corrected chi connectivity index (χ1v) is 6.87. The van der Waals surface area contributed by atoms with Crippen molar-refractivity contribution in [3.8, 4) is 0 Å². The van der Waals surface area contributed by atoms with E-state index in [0.29, 0.717) is 18.7 Å². The summed E-state index contributed by atoms with van der Waals surface area (Å²) in [5.74, 6) is -1.75. The van der Waals surface area contributed by atoms with Crippen LogP contribution in [0.4, 0.5) is 8.78 Å². The number of hydrogen-bond acceptors (Lipinski definition) is 2. The van der Waals surface area contributed by atoms with Crippen molar-refractivity contribution >= 4 is 10.0 Å². The van der Waals surface area contributed by atoms with E-state index < -0.39 is 21.7 Å². The van der Waals surface area contributed by atoms with Crippen LogP contribution in [0.15, 0.2) is 18.2 Å². The number of benzene rings is 1. The van der Waals surface area contributed by atoms with Crippen LogP contribution < -0.4 is 5.32 Å². The van der Waals surface area contributed by atoms with E-state index in [1.165, 1.54) is 6.07 Å². The highest BCUT2D eigenvalue weighted by molar-refractivity contribution is 7.93. The average molecular weight is 264 g/mol. The maximum Gasteiger partial charge on any atom is 0.159 e. The molecular weight excluding hydrogens is 250 g/mol. The molecule has 0 heterocycles. The first-order chi connectivity index (χ1) is 7.88. The fraction of sp³-hybridized carbons (Fsp3) is 0.400. The van der Waals surface area contributed by atoms with Crippen molar-refractivity contribution in [2.45, 2.75) is 6.54 Å². The molecule has 1 rings (SSSR count). The molecule has 0 spiro atoms. The topological polar surface area (TPSA) is 64.8 Å². The largest absolute Gasteiger partial charge is 0.545 e. The highest BCUT2D eigenvalue weighted by Crippen LogP contribution is 2.07. The summed E-state index contributed by atoms with van der Waals surface area (Å²) in [5.41, 5.74) is 0.642. The average Bonchev–Trinajstić information content (AvgIpc) is 2.21. The monoisotopic (exact) mass is 264 g/mol. The molecule has 0 aliphatic heterocycles. The number of halogens is 2. The molecule has 0 saturated heterocycles. The van der Waals surface area contributed by atoms with Crippen molar-refractivity contribution in [1.29, 1.82) is 0 Å². The van der Waals surface area contributed by atoms with Crippen LogP contribution >= 0.6 is 0 Å². The molecule has 0 aliphatic rings. The Balaban J connectivity index is 2.29. The fourth-order valence-corrected chi connectivity index (χ4v) is 1.68. The van der Waals surface area contributed by atoms with Crippen LogP contribution in [-0.2, 0) is 16.6 Å². The summed E-state index contributed by atoms with van der Waals surface area (Å²) in [6.45, 7) is 1.12. The molecule has 0 amide bonds. The van der Waals surface area contributed by atoms with Gasteiger partial charge in [-0.05, 0) is 12.1 Å². The predicted octanol–water partition coefficient (Wildman–Crippen LogP) is 0.361. The van der Waals surface area contributed by atoms with Gasteiger partial charge in [0.15, 0.2) is 11.6 Å². The fourth-order valence-electron chi connectivity index (χ4n) is 1.25. The lowest BCUT2D eigenvalue weighted by molar-refractivity contribution is -0.667. The maximum atomic E-state index is 12.8. The van der Waals surface area contributed by atoms with Gasteiger partial charge in [0.05, 0.1) is 16.6 Å². The van der Waals surface area contributed by atoms with E-state index >= 15 is 0 Å². The molecule has 0 atom stereocenters. The molecule has 4 nitrogen and oxygen atoms in total. The van der Waals surface area contributed by atoms with Gasteiger partial charge in [0.25, 0.3) is 0 Å². The van der Waals surface area contributed by atoms with Crippen molar-refractivity contribution < 1.29 is 22.5 Å². The third-order valence-corrected chi connectivity index (χ3v) is 2.67. The summed E-state index contributed by atoms with van der Waals surface area (Å²) >= 11 is 0. The summed E-state index contributed by atoms with van der Waals surface area (Å²) in [5, 5.41) is 1.78. The molecule has 17 heavy (non-hydrogen) atoms. The van der Waals surface area contributed by atoms with E-state index in [9.17, 15) is 17.2 Å². The van der Waals surface area contributed by atoms with Crippen LogP contribution in [0.5, 0.6) is 0 Å². The summed E-state index contributed by atoms with van der Waals surface area (Å²) < 4.78 is 50.2. The van der Waals surface area contributed by atoms with Crippen molar-refractivity contribution in [2.24, 2.45) is 0 Å². The van der Waals surface area contributed by atoms with Crippen LogP contribution in [-0.4, -0.2) is 27.8 Å². The SMILES string of the molecule is CS(=O)(=O)[N-]CC[NH2+]Cc1ccc(F)c(F)c1. The number of sulfonamides is 1. The second kappa shape index (κ2) is 6.04. The van der Waals surface area contributed by atoms with Gasteiger partial charge >= 0.3 is 0 Å². The quantitative estimate of drug-likeness (QED) is 0.754. The normalized spacial score (nSPS) is 11.7. The second-order valence-corrected chi connectivity index (χ2v) is 5.34. The highest BCUT2D eigenvalue weighted by Gasteiger charge is 2.02. The molecule has 7 heteroatoms. The van der Waals surface area contributed by atoms with E-state index in [0.717, 1.165) is 18.4 Å². The summed E-state index contributed by atoms with van der Waals surface area (Å²) in [7, 11) is -3.29. The lowest BCUT2D eigenvalue weighted by atomic mass is 10.2. The summed E-state index contributed by atoms with van der Waals surface area (Å²) in [4.78, 5) is 0. The molecule has 0 unspecified atom stereocenters. The minimum atomic E-state index is -3.29. The van der Waals surface area contributed by atoms with Gasteiger partial charge in [-0.25, -0.2) is 17.2 Å². The first-order valence-electron chi connectivity index (χ1n) is 5.03. The van der Waals surface area contributed by atoms with Gasteiger partial charge in [-0.15, -0.1) is 0 Å². The second-order valence-electron chi connectivity index (χ2n) is 3.62. The van der Waals surface area contributed by atoms with Gasteiger partial charge in [0.2, 0.25) is 0 Å². The van der Waals surface area contributed by atoms with Crippen LogP contribution in [0.3, 0.4) is 0 Å². The van der Waals surface area contributed by atoms with Crippen molar-refractivity contribution in [1.82, 2.24) is 0 Å². The summed E-state index contributed by atoms with van der Waals surface area (Å²) in [6, 6.07) is 3.68. The van der Waals surface area contributed by atoms with E-state index in [1.807, 2.05) is 0 Å². The Kier molecular flexibility index (Phi) is 4.98. The van der Waals surface area contributed by atoms with Gasteiger partial charge in [0, 0.05) is 11.8 Å². The van der Waals surface area contributed by atoms with E-state index in [4.69, 9.17) is 0 Å². The Labute approximate surface area is 99.1 Å². The Morgan fingerprint density at radius 1 is 1.29 bits per heavy atom. The standard InChI is InChI=1S/C10H13F2N2O2S/c1-17(15,16)14-5-4-13-7-8-2-3-9(11)10(12)6-8/h2-3,6,13H,4-5,7H2,1H3/q-1/p+1. The molecule has 0 aliphatic carbocycles. The molecule has 1 aromatic rings. The summed E-state index contributed by atoms with van der Waals surface area (Å²) in [6.07, 6.45) is 1.03. The minimum Gasteiger partial charge on any atom is -0.545 e. The highest BCUT2D eigenvalue weighted by atomic mass is 32.2. The Bertz CT molecular complexity index is 477. The predicted molar refractivity (Wildman–Crippen MR) is 59.9 cm³/mol. The molecular formula is C10H14F2N2O2S. The van der Waals surface area contributed by atoms with Crippen LogP contribution in [0.1, 0.15) is 5.56 Å². The third-order valence-electron chi connectivity index (χ3n) is 2.02. The van der Waals surface area contributed by atoms with Gasteiger partial charge in [-0.1, -0.05) is 12.6 Å². The molecule has 0 saturated carbocycles. The zero-order chi connectivity index (χ0) is 12.9. The van der Waals surface area contributed by atoms with Crippen LogP contribution in [0.2, 0.25) is 0 Å². The number of nitrogens with zero attached hydrogens (tertiary/aromatic N) is 1. The van der Waals surface area contributed by atoms with Crippen molar-refractivity contribution in [2.75, 3.05) is 19.3 Å². The van der Waals surface area contributed by atoms with Gasteiger partial charge in [-0.3, -0.25) is 0 Å². The van der Waals surface area contributed by atoms with E-state index in [1.54, 1.807) is 5.32 Å². The van der Waals surface area contributed by atoms with Gasteiger partial charge in [-0.2, -0.15) is 0 Å². The molecule has 2 N–H and O–H groups in total. The van der Waals surface area contributed by atoms with E-state index in [-0.39, 0.29) is 6.54 Å². The number of quaternary nitrogens is 1. The molecule has 0 bridgehead atoms. The molecule has 1 aromatic carbocycles. The van der Waals surface area contributed by atoms with Gasteiger partial charge < -0.3 is 10.0 Å². The van der Waals surface area contributed by atoms with Crippen molar-refractivity contribution in [3.63, 3.8) is 0 Å². The molecule has 96 valence electrons. The molecule has 0 radical (unpaired) electrons. The number of nitrogens with two attached hydrogens (primary N) is 1. The smallest absolute Gasteiger partial charge is 0.159 e. The Morgan fingerprint density at radius 3 is 2.59 bits per heavy atom.